The zero-order valence-electron chi connectivity index (χ0n) is 16.0. The SMILES string of the molecule is O=C(O)c1cn(C2CC2)c2c(F)c(N3CCN(CC4CC4)CC3)c(F)cc2c1=O. The molecule has 1 N–H and O–H groups in total. The number of nitrogens with zero attached hydrogens (tertiary/aromatic N) is 3. The maximum absolute atomic E-state index is 15.6. The molecule has 6 nitrogen and oxygen atoms in total. The molecule has 2 saturated carbocycles. The van der Waals surface area contributed by atoms with E-state index in [1.165, 1.54) is 23.6 Å². The van der Waals surface area contributed by atoms with Gasteiger partial charge in [-0.2, -0.15) is 0 Å². The maximum atomic E-state index is 15.6. The number of piperazine rings is 1. The number of pyridine rings is 1. The first-order valence-corrected chi connectivity index (χ1v) is 10.2. The van der Waals surface area contributed by atoms with Gasteiger partial charge in [-0.3, -0.25) is 9.69 Å². The molecule has 0 spiro atoms. The van der Waals surface area contributed by atoms with Gasteiger partial charge in [-0.15, -0.1) is 0 Å². The fourth-order valence-electron chi connectivity index (χ4n) is 4.33. The molecule has 3 fully saturated rings. The molecule has 0 amide bonds. The van der Waals surface area contributed by atoms with Crippen LogP contribution in [-0.2, 0) is 0 Å². The minimum atomic E-state index is -1.39. The summed E-state index contributed by atoms with van der Waals surface area (Å²) in [6.07, 6.45) is 5.31. The third kappa shape index (κ3) is 3.29. The molecular weight excluding hydrogens is 380 g/mol. The van der Waals surface area contributed by atoms with Crippen molar-refractivity contribution in [2.45, 2.75) is 31.7 Å². The highest BCUT2D eigenvalue weighted by molar-refractivity contribution is 5.94. The van der Waals surface area contributed by atoms with Crippen molar-refractivity contribution in [3.05, 3.63) is 39.7 Å². The van der Waals surface area contributed by atoms with E-state index in [4.69, 9.17) is 0 Å². The Balaban J connectivity index is 1.57. The van der Waals surface area contributed by atoms with Crippen LogP contribution < -0.4 is 10.3 Å². The van der Waals surface area contributed by atoms with Crippen LogP contribution in [0.25, 0.3) is 10.9 Å². The van der Waals surface area contributed by atoms with Crippen molar-refractivity contribution in [2.75, 3.05) is 37.6 Å². The molecule has 0 unspecified atom stereocenters. The number of hydrogen-bond donors (Lipinski definition) is 1. The summed E-state index contributed by atoms with van der Waals surface area (Å²) in [6.45, 7) is 3.59. The molecule has 0 atom stereocenters. The van der Waals surface area contributed by atoms with Crippen molar-refractivity contribution in [3.63, 3.8) is 0 Å². The number of rotatable bonds is 5. The second-order valence-electron chi connectivity index (χ2n) is 8.46. The smallest absolute Gasteiger partial charge is 0.341 e. The summed E-state index contributed by atoms with van der Waals surface area (Å²) in [7, 11) is 0. The van der Waals surface area contributed by atoms with Gasteiger partial charge in [0.2, 0.25) is 5.43 Å². The first kappa shape index (κ1) is 18.5. The summed E-state index contributed by atoms with van der Waals surface area (Å²) in [5, 5.41) is 9.12. The monoisotopic (exact) mass is 403 g/mol. The van der Waals surface area contributed by atoms with Crippen LogP contribution in [-0.4, -0.2) is 53.3 Å². The van der Waals surface area contributed by atoms with E-state index in [2.05, 4.69) is 4.90 Å². The van der Waals surface area contributed by atoms with Gasteiger partial charge in [0.05, 0.1) is 10.9 Å². The summed E-state index contributed by atoms with van der Waals surface area (Å²) < 4.78 is 32.1. The van der Waals surface area contributed by atoms with Gasteiger partial charge in [-0.25, -0.2) is 13.6 Å². The fourth-order valence-corrected chi connectivity index (χ4v) is 4.33. The van der Waals surface area contributed by atoms with E-state index in [1.807, 2.05) is 0 Å². The van der Waals surface area contributed by atoms with Gasteiger partial charge in [0, 0.05) is 45.0 Å². The normalized spacial score (nSPS) is 20.4. The minimum absolute atomic E-state index is 0.0133. The van der Waals surface area contributed by atoms with Crippen LogP contribution in [0.1, 0.15) is 42.1 Å². The molecule has 2 heterocycles. The fraction of sp³-hybridized carbons (Fsp3) is 0.524. The number of halogens is 2. The highest BCUT2D eigenvalue weighted by atomic mass is 19.1. The maximum Gasteiger partial charge on any atom is 0.341 e. The van der Waals surface area contributed by atoms with Crippen molar-refractivity contribution in [2.24, 2.45) is 5.92 Å². The van der Waals surface area contributed by atoms with E-state index < -0.39 is 28.6 Å². The van der Waals surface area contributed by atoms with Gasteiger partial charge in [-0.05, 0) is 37.7 Å². The number of carboxylic acid groups (broad SMARTS) is 1. The van der Waals surface area contributed by atoms with Gasteiger partial charge in [0.1, 0.15) is 17.1 Å². The number of fused-ring (bicyclic) bond motifs is 1. The largest absolute Gasteiger partial charge is 0.477 e. The topological polar surface area (TPSA) is 65.8 Å². The standard InChI is InChI=1S/C21H23F2N3O3/c22-16-9-14-18(26(13-3-4-13)11-15(20(14)27)21(28)29)17(23)19(16)25-7-5-24(6-8-25)10-12-1-2-12/h9,11-13H,1-8,10H2,(H,28,29). The number of aromatic carboxylic acids is 1. The van der Waals surface area contributed by atoms with Gasteiger partial charge >= 0.3 is 5.97 Å². The Morgan fingerprint density at radius 1 is 1.10 bits per heavy atom. The molecule has 1 aromatic carbocycles. The third-order valence-electron chi connectivity index (χ3n) is 6.26. The third-order valence-corrected chi connectivity index (χ3v) is 6.26. The molecule has 0 radical (unpaired) electrons. The van der Waals surface area contributed by atoms with Crippen molar-refractivity contribution in [1.82, 2.24) is 9.47 Å². The lowest BCUT2D eigenvalue weighted by Gasteiger charge is -2.36. The van der Waals surface area contributed by atoms with Crippen molar-refractivity contribution in [3.8, 4) is 0 Å². The Morgan fingerprint density at radius 3 is 2.38 bits per heavy atom. The van der Waals surface area contributed by atoms with E-state index in [9.17, 15) is 19.1 Å². The lowest BCUT2D eigenvalue weighted by atomic mass is 10.1. The molecule has 8 heteroatoms. The molecule has 0 bridgehead atoms. The molecular formula is C21H23F2N3O3. The average Bonchev–Trinajstić information content (AvgIpc) is 3.58. The summed E-state index contributed by atoms with van der Waals surface area (Å²) in [5.74, 6) is -2.20. The second-order valence-corrected chi connectivity index (χ2v) is 8.46. The summed E-state index contributed by atoms with van der Waals surface area (Å²) in [5.41, 5.74) is -1.40. The molecule has 2 aliphatic carbocycles. The van der Waals surface area contributed by atoms with Crippen LogP contribution in [0.4, 0.5) is 14.5 Å². The van der Waals surface area contributed by atoms with Crippen LogP contribution in [0.3, 0.4) is 0 Å². The van der Waals surface area contributed by atoms with Crippen molar-refractivity contribution >= 4 is 22.6 Å². The van der Waals surface area contributed by atoms with Gasteiger partial charge in [-0.1, -0.05) is 0 Å². The first-order valence-electron chi connectivity index (χ1n) is 10.2. The van der Waals surface area contributed by atoms with Crippen LogP contribution in [0.15, 0.2) is 17.1 Å². The highest BCUT2D eigenvalue weighted by Gasteiger charge is 2.32. The molecule has 5 rings (SSSR count). The Bertz CT molecular complexity index is 1050. The van der Waals surface area contributed by atoms with Crippen LogP contribution in [0.2, 0.25) is 0 Å². The highest BCUT2D eigenvalue weighted by Crippen LogP contribution is 2.40. The Labute approximate surface area is 166 Å². The quantitative estimate of drug-likeness (QED) is 0.832. The van der Waals surface area contributed by atoms with Crippen LogP contribution in [0, 0.1) is 17.6 Å². The van der Waals surface area contributed by atoms with Gasteiger partial charge < -0.3 is 14.6 Å². The zero-order chi connectivity index (χ0) is 20.3. The van der Waals surface area contributed by atoms with Crippen LogP contribution in [0.5, 0.6) is 0 Å². The lowest BCUT2D eigenvalue weighted by Crippen LogP contribution is -2.47. The molecule has 29 heavy (non-hydrogen) atoms. The molecule has 154 valence electrons. The predicted octanol–water partition coefficient (Wildman–Crippen LogP) is 2.84. The number of benzene rings is 1. The number of hydrogen-bond acceptors (Lipinski definition) is 4. The van der Waals surface area contributed by atoms with Gasteiger partial charge in [0.25, 0.3) is 0 Å². The Morgan fingerprint density at radius 2 is 1.79 bits per heavy atom. The van der Waals surface area contributed by atoms with Gasteiger partial charge in [0.15, 0.2) is 5.82 Å². The summed E-state index contributed by atoms with van der Waals surface area (Å²) in [6, 6.07) is 0.956. The predicted molar refractivity (Wildman–Crippen MR) is 105 cm³/mol. The van der Waals surface area contributed by atoms with E-state index in [1.54, 1.807) is 4.90 Å². The van der Waals surface area contributed by atoms with Crippen molar-refractivity contribution in [1.29, 1.82) is 0 Å². The Hall–Kier alpha value is -2.48. The molecule has 2 aromatic rings. The van der Waals surface area contributed by atoms with E-state index >= 15 is 4.39 Å². The van der Waals surface area contributed by atoms with E-state index in [-0.39, 0.29) is 22.6 Å². The minimum Gasteiger partial charge on any atom is -0.477 e. The number of anilines is 1. The first-order chi connectivity index (χ1) is 13.9. The molecule has 1 saturated heterocycles. The number of carboxylic acids is 1. The summed E-state index contributed by atoms with van der Waals surface area (Å²) in [4.78, 5) is 28.0. The van der Waals surface area contributed by atoms with Crippen molar-refractivity contribution < 1.29 is 18.7 Å². The van der Waals surface area contributed by atoms with Crippen LogP contribution >= 0.6 is 0 Å². The summed E-state index contributed by atoms with van der Waals surface area (Å²) >= 11 is 0. The molecule has 1 aromatic heterocycles. The average molecular weight is 403 g/mol. The number of aromatic nitrogens is 1. The zero-order valence-corrected chi connectivity index (χ0v) is 16.0. The molecule has 1 aliphatic heterocycles. The number of carbonyl (C=O) groups is 1. The van der Waals surface area contributed by atoms with E-state index in [0.29, 0.717) is 13.1 Å². The van der Waals surface area contributed by atoms with E-state index in [0.717, 1.165) is 44.5 Å². The Kier molecular flexibility index (Phi) is 4.34. The lowest BCUT2D eigenvalue weighted by molar-refractivity contribution is 0.0695. The second kappa shape index (κ2) is 6.79. The molecule has 3 aliphatic rings.